The molecule has 0 saturated heterocycles. The van der Waals surface area contributed by atoms with E-state index >= 15 is 0 Å². The van der Waals surface area contributed by atoms with Gasteiger partial charge in [-0.3, -0.25) is 13.6 Å². The first-order chi connectivity index (χ1) is 12.2. The zero-order valence-electron chi connectivity index (χ0n) is 14.8. The first-order valence-corrected chi connectivity index (χ1v) is 10.3. The van der Waals surface area contributed by atoms with E-state index in [1.807, 2.05) is 60.7 Å². The molecule has 0 aromatic heterocycles. The minimum Gasteiger partial charge on any atom is -0.287 e. The van der Waals surface area contributed by atoms with Gasteiger partial charge in [0.2, 0.25) is 0 Å². The molecule has 0 aliphatic heterocycles. The van der Waals surface area contributed by atoms with Crippen LogP contribution in [-0.4, -0.2) is 19.8 Å². The van der Waals surface area contributed by atoms with E-state index in [0.717, 1.165) is 24.0 Å². The molecule has 5 heteroatoms. The second-order valence-corrected chi connectivity index (χ2v) is 7.44. The second kappa shape index (κ2) is 11.2. The van der Waals surface area contributed by atoms with E-state index in [4.69, 9.17) is 13.6 Å². The molecule has 0 fully saturated rings. The Morgan fingerprint density at radius 1 is 0.720 bits per heavy atom. The van der Waals surface area contributed by atoms with Gasteiger partial charge in [0.25, 0.3) is 0 Å². The average molecular weight is 362 g/mol. The lowest BCUT2D eigenvalue weighted by Crippen LogP contribution is -2.06. The number of phosphoric ester groups is 1. The van der Waals surface area contributed by atoms with Crippen molar-refractivity contribution in [2.24, 2.45) is 0 Å². The van der Waals surface area contributed by atoms with Crippen molar-refractivity contribution in [1.82, 2.24) is 0 Å². The normalized spacial score (nSPS) is 11.6. The summed E-state index contributed by atoms with van der Waals surface area (Å²) < 4.78 is 29.3. The predicted molar refractivity (Wildman–Crippen MR) is 101 cm³/mol. The summed E-state index contributed by atoms with van der Waals surface area (Å²) in [4.78, 5) is 0. The molecule has 4 nitrogen and oxygen atoms in total. The van der Waals surface area contributed by atoms with Gasteiger partial charge in [-0.1, -0.05) is 74.0 Å². The first-order valence-electron chi connectivity index (χ1n) is 8.83. The summed E-state index contributed by atoms with van der Waals surface area (Å²) >= 11 is 0. The van der Waals surface area contributed by atoms with Crippen LogP contribution < -0.4 is 0 Å². The molecular weight excluding hydrogens is 335 g/mol. The molecule has 0 amide bonds. The van der Waals surface area contributed by atoms with Crippen LogP contribution in [0.1, 0.15) is 30.9 Å². The molecular formula is C20H27O4P. The highest BCUT2D eigenvalue weighted by Gasteiger charge is 2.26. The molecule has 0 heterocycles. The SMILES string of the molecule is CCCCOP(=O)(OCCc1ccccc1)OCCc1ccccc1. The van der Waals surface area contributed by atoms with Gasteiger partial charge in [-0.2, -0.15) is 0 Å². The fourth-order valence-electron chi connectivity index (χ4n) is 2.27. The van der Waals surface area contributed by atoms with E-state index < -0.39 is 7.82 Å². The van der Waals surface area contributed by atoms with Crippen LogP contribution in [0.25, 0.3) is 0 Å². The number of benzene rings is 2. The predicted octanol–water partition coefficient (Wildman–Crippen LogP) is 5.43. The molecule has 0 aliphatic rings. The summed E-state index contributed by atoms with van der Waals surface area (Å²) in [5, 5.41) is 0. The molecule has 0 aliphatic carbocycles. The quantitative estimate of drug-likeness (QED) is 0.373. The van der Waals surface area contributed by atoms with Crippen LogP contribution in [0.4, 0.5) is 0 Å². The molecule has 0 spiro atoms. The summed E-state index contributed by atoms with van der Waals surface area (Å²) in [6.45, 7) is 3.04. The van der Waals surface area contributed by atoms with Crippen LogP contribution in [0.5, 0.6) is 0 Å². The Balaban J connectivity index is 1.82. The summed E-state index contributed by atoms with van der Waals surface area (Å²) in [5.74, 6) is 0. The first kappa shape index (κ1) is 19.9. The Bertz CT molecular complexity index is 581. The van der Waals surface area contributed by atoms with Crippen molar-refractivity contribution in [1.29, 1.82) is 0 Å². The van der Waals surface area contributed by atoms with E-state index in [0.29, 0.717) is 32.7 Å². The van der Waals surface area contributed by atoms with E-state index in [1.165, 1.54) is 0 Å². The molecule has 2 rings (SSSR count). The van der Waals surface area contributed by atoms with Gasteiger partial charge in [0, 0.05) is 0 Å². The maximum Gasteiger partial charge on any atom is 0.474 e. The maximum absolute atomic E-state index is 12.8. The van der Waals surface area contributed by atoms with Crippen molar-refractivity contribution in [3.8, 4) is 0 Å². The van der Waals surface area contributed by atoms with Gasteiger partial charge in [0.1, 0.15) is 0 Å². The van der Waals surface area contributed by atoms with Crippen molar-refractivity contribution < 1.29 is 18.1 Å². The van der Waals surface area contributed by atoms with E-state index in [1.54, 1.807) is 0 Å². The molecule has 0 bridgehead atoms. The number of hydrogen-bond acceptors (Lipinski definition) is 4. The molecule has 25 heavy (non-hydrogen) atoms. The Labute approximate surface area is 150 Å². The third kappa shape index (κ3) is 7.98. The van der Waals surface area contributed by atoms with Crippen molar-refractivity contribution >= 4 is 7.82 Å². The fraction of sp³-hybridized carbons (Fsp3) is 0.400. The average Bonchev–Trinajstić information content (AvgIpc) is 2.64. The highest BCUT2D eigenvalue weighted by Crippen LogP contribution is 2.49. The van der Waals surface area contributed by atoms with Crippen LogP contribution >= 0.6 is 7.82 Å². The lowest BCUT2D eigenvalue weighted by atomic mass is 10.2. The van der Waals surface area contributed by atoms with Crippen molar-refractivity contribution in [3.05, 3.63) is 71.8 Å². The number of rotatable bonds is 12. The van der Waals surface area contributed by atoms with Crippen LogP contribution in [-0.2, 0) is 31.0 Å². The molecule has 2 aromatic rings. The lowest BCUT2D eigenvalue weighted by Gasteiger charge is -2.18. The Kier molecular flexibility index (Phi) is 8.92. The van der Waals surface area contributed by atoms with Crippen LogP contribution in [0.15, 0.2) is 60.7 Å². The minimum atomic E-state index is -3.52. The fourth-order valence-corrected chi connectivity index (χ4v) is 3.48. The van der Waals surface area contributed by atoms with Gasteiger partial charge in [-0.15, -0.1) is 0 Å². The smallest absolute Gasteiger partial charge is 0.287 e. The monoisotopic (exact) mass is 362 g/mol. The summed E-state index contributed by atoms with van der Waals surface area (Å²) in [5.41, 5.74) is 2.26. The molecule has 2 aromatic carbocycles. The van der Waals surface area contributed by atoms with Crippen molar-refractivity contribution in [3.63, 3.8) is 0 Å². The Morgan fingerprint density at radius 3 is 1.60 bits per heavy atom. The summed E-state index contributed by atoms with van der Waals surface area (Å²) in [7, 11) is -3.52. The van der Waals surface area contributed by atoms with Gasteiger partial charge in [-0.05, 0) is 30.4 Å². The Morgan fingerprint density at radius 2 is 1.16 bits per heavy atom. The van der Waals surface area contributed by atoms with Gasteiger partial charge in [0.15, 0.2) is 0 Å². The molecule has 136 valence electrons. The molecule has 0 unspecified atom stereocenters. The third-order valence-electron chi connectivity index (χ3n) is 3.71. The van der Waals surface area contributed by atoms with Gasteiger partial charge < -0.3 is 0 Å². The third-order valence-corrected chi connectivity index (χ3v) is 5.21. The summed E-state index contributed by atoms with van der Waals surface area (Å²) in [6, 6.07) is 19.9. The van der Waals surface area contributed by atoms with Gasteiger partial charge >= 0.3 is 7.82 Å². The maximum atomic E-state index is 12.8. The lowest BCUT2D eigenvalue weighted by molar-refractivity contribution is 0.114. The topological polar surface area (TPSA) is 44.8 Å². The highest BCUT2D eigenvalue weighted by molar-refractivity contribution is 7.48. The van der Waals surface area contributed by atoms with Crippen LogP contribution in [0.2, 0.25) is 0 Å². The zero-order chi connectivity index (χ0) is 17.8. The van der Waals surface area contributed by atoms with Crippen LogP contribution in [0, 0.1) is 0 Å². The number of phosphoric acid groups is 1. The second-order valence-electron chi connectivity index (χ2n) is 5.77. The molecule has 0 radical (unpaired) electrons. The molecule has 0 atom stereocenters. The Hall–Kier alpha value is -1.45. The van der Waals surface area contributed by atoms with E-state index in [2.05, 4.69) is 6.92 Å². The number of unbranched alkanes of at least 4 members (excludes halogenated alkanes) is 1. The summed E-state index contributed by atoms with van der Waals surface area (Å²) in [6.07, 6.45) is 3.14. The van der Waals surface area contributed by atoms with Gasteiger partial charge in [0.05, 0.1) is 19.8 Å². The molecule has 0 saturated carbocycles. The minimum absolute atomic E-state index is 0.304. The van der Waals surface area contributed by atoms with Crippen molar-refractivity contribution in [2.45, 2.75) is 32.6 Å². The van der Waals surface area contributed by atoms with Crippen molar-refractivity contribution in [2.75, 3.05) is 19.8 Å². The molecule has 0 N–H and O–H groups in total. The van der Waals surface area contributed by atoms with Crippen LogP contribution in [0.3, 0.4) is 0 Å². The van der Waals surface area contributed by atoms with E-state index in [9.17, 15) is 4.57 Å². The standard InChI is InChI=1S/C20H27O4P/c1-2-3-16-22-25(21,23-17-14-19-10-6-4-7-11-19)24-18-15-20-12-8-5-9-13-20/h4-13H,2-3,14-18H2,1H3. The highest BCUT2D eigenvalue weighted by atomic mass is 31.2. The zero-order valence-corrected chi connectivity index (χ0v) is 15.7. The largest absolute Gasteiger partial charge is 0.474 e. The van der Waals surface area contributed by atoms with Gasteiger partial charge in [-0.25, -0.2) is 4.57 Å². The van der Waals surface area contributed by atoms with E-state index in [-0.39, 0.29) is 0 Å². The number of hydrogen-bond donors (Lipinski definition) is 0.